The van der Waals surface area contributed by atoms with E-state index >= 15 is 0 Å². The minimum atomic E-state index is -3.83. The quantitative estimate of drug-likeness (QED) is 0.854. The number of sulfonamides is 1. The minimum absolute atomic E-state index is 0.222. The number of halogens is 1. The van der Waals surface area contributed by atoms with E-state index in [0.29, 0.717) is 12.8 Å². The average Bonchev–Trinajstić information content (AvgIpc) is 2.32. The molecule has 0 unspecified atom stereocenters. The molecule has 2 N–H and O–H groups in total. The Labute approximate surface area is 105 Å². The van der Waals surface area contributed by atoms with Crippen molar-refractivity contribution < 1.29 is 17.9 Å². The maximum absolute atomic E-state index is 12.9. The molecule has 0 saturated heterocycles. The maximum atomic E-state index is 12.9. The standard InChI is InChI=1S/C11H15FN2O3S/c12-8-5-9(7-13-6-8)18(16,17)14-10-3-1-2-4-11(10)15/h5-7,10-11,14-15H,1-4H2/t10-,11-/m1/s1. The summed E-state index contributed by atoms with van der Waals surface area (Å²) in [7, 11) is -3.83. The van der Waals surface area contributed by atoms with E-state index in [2.05, 4.69) is 9.71 Å². The molecule has 1 aromatic heterocycles. The Bertz CT molecular complexity index is 521. The molecule has 0 spiro atoms. The highest BCUT2D eigenvalue weighted by Crippen LogP contribution is 2.20. The summed E-state index contributed by atoms with van der Waals surface area (Å²) < 4.78 is 39.3. The molecule has 5 nitrogen and oxygen atoms in total. The fraction of sp³-hybridized carbons (Fsp3) is 0.545. The van der Waals surface area contributed by atoms with Gasteiger partial charge in [0.05, 0.1) is 12.3 Å². The largest absolute Gasteiger partial charge is 0.391 e. The van der Waals surface area contributed by atoms with Crippen LogP contribution in [0, 0.1) is 5.82 Å². The van der Waals surface area contributed by atoms with Crippen molar-refractivity contribution in [2.75, 3.05) is 0 Å². The van der Waals surface area contributed by atoms with E-state index in [0.717, 1.165) is 31.3 Å². The molecule has 7 heteroatoms. The third-order valence-electron chi connectivity index (χ3n) is 3.03. The SMILES string of the molecule is O=S(=O)(N[C@@H]1CCCC[C@H]1O)c1cncc(F)c1. The zero-order valence-corrected chi connectivity index (χ0v) is 10.5. The molecule has 1 fully saturated rings. The van der Waals surface area contributed by atoms with Gasteiger partial charge >= 0.3 is 0 Å². The molecule has 1 aliphatic carbocycles. The van der Waals surface area contributed by atoms with Crippen LogP contribution < -0.4 is 4.72 Å². The van der Waals surface area contributed by atoms with Crippen molar-refractivity contribution in [1.82, 2.24) is 9.71 Å². The summed E-state index contributed by atoms with van der Waals surface area (Å²) >= 11 is 0. The Kier molecular flexibility index (Phi) is 3.94. The van der Waals surface area contributed by atoms with Gasteiger partial charge in [-0.05, 0) is 18.9 Å². The third-order valence-corrected chi connectivity index (χ3v) is 4.48. The summed E-state index contributed by atoms with van der Waals surface area (Å²) in [5.74, 6) is -0.706. The van der Waals surface area contributed by atoms with Gasteiger partial charge in [-0.25, -0.2) is 17.5 Å². The van der Waals surface area contributed by atoms with Crippen molar-refractivity contribution in [1.29, 1.82) is 0 Å². The van der Waals surface area contributed by atoms with Crippen LogP contribution in [0.2, 0.25) is 0 Å². The van der Waals surface area contributed by atoms with Crippen LogP contribution in [0.3, 0.4) is 0 Å². The van der Waals surface area contributed by atoms with E-state index in [1.54, 1.807) is 0 Å². The second kappa shape index (κ2) is 5.29. The number of rotatable bonds is 3. The van der Waals surface area contributed by atoms with E-state index < -0.39 is 28.0 Å². The summed E-state index contributed by atoms with van der Waals surface area (Å²) in [5.41, 5.74) is 0. The van der Waals surface area contributed by atoms with E-state index in [-0.39, 0.29) is 4.90 Å². The molecule has 1 aliphatic rings. The van der Waals surface area contributed by atoms with Crippen molar-refractivity contribution in [3.8, 4) is 0 Å². The monoisotopic (exact) mass is 274 g/mol. The van der Waals surface area contributed by atoms with Gasteiger partial charge in [0, 0.05) is 12.2 Å². The van der Waals surface area contributed by atoms with Gasteiger partial charge in [0.2, 0.25) is 10.0 Å². The van der Waals surface area contributed by atoms with Gasteiger partial charge in [-0.15, -0.1) is 0 Å². The molecule has 0 radical (unpaired) electrons. The van der Waals surface area contributed by atoms with Crippen molar-refractivity contribution in [3.05, 3.63) is 24.3 Å². The van der Waals surface area contributed by atoms with Crippen molar-refractivity contribution in [2.45, 2.75) is 42.7 Å². The summed E-state index contributed by atoms with van der Waals surface area (Å²) in [6, 6.07) is 0.400. The zero-order chi connectivity index (χ0) is 13.2. The minimum Gasteiger partial charge on any atom is -0.391 e. The maximum Gasteiger partial charge on any atom is 0.242 e. The number of hydrogen-bond acceptors (Lipinski definition) is 4. The lowest BCUT2D eigenvalue weighted by Crippen LogP contribution is -2.44. The number of nitrogens with one attached hydrogen (secondary N) is 1. The smallest absolute Gasteiger partial charge is 0.242 e. The van der Waals surface area contributed by atoms with Crippen LogP contribution in [0.25, 0.3) is 0 Å². The molecule has 0 bridgehead atoms. The number of nitrogens with zero attached hydrogens (tertiary/aromatic N) is 1. The first-order valence-corrected chi connectivity index (χ1v) is 7.28. The summed E-state index contributed by atoms with van der Waals surface area (Å²) in [4.78, 5) is 3.28. The lowest BCUT2D eigenvalue weighted by molar-refractivity contribution is 0.101. The van der Waals surface area contributed by atoms with Crippen LogP contribution in [0.1, 0.15) is 25.7 Å². The topological polar surface area (TPSA) is 79.3 Å². The Morgan fingerprint density at radius 2 is 2.06 bits per heavy atom. The van der Waals surface area contributed by atoms with Crippen LogP contribution in [0.15, 0.2) is 23.4 Å². The van der Waals surface area contributed by atoms with Crippen LogP contribution in [-0.4, -0.2) is 30.7 Å². The van der Waals surface area contributed by atoms with Crippen molar-refractivity contribution in [3.63, 3.8) is 0 Å². The number of pyridine rings is 1. The summed E-state index contributed by atoms with van der Waals surface area (Å²) in [6.07, 6.45) is 4.26. The fourth-order valence-corrected chi connectivity index (χ4v) is 3.33. The highest BCUT2D eigenvalue weighted by Gasteiger charge is 2.28. The van der Waals surface area contributed by atoms with Crippen molar-refractivity contribution in [2.24, 2.45) is 0 Å². The van der Waals surface area contributed by atoms with Gasteiger partial charge in [0.1, 0.15) is 10.7 Å². The molecule has 1 saturated carbocycles. The highest BCUT2D eigenvalue weighted by atomic mass is 32.2. The second-order valence-corrected chi connectivity index (χ2v) is 6.13. The van der Waals surface area contributed by atoms with Crippen LogP contribution >= 0.6 is 0 Å². The number of aliphatic hydroxyl groups excluding tert-OH is 1. The molecule has 0 aromatic carbocycles. The molecule has 2 atom stereocenters. The Hall–Kier alpha value is -1.05. The first-order chi connectivity index (χ1) is 8.49. The van der Waals surface area contributed by atoms with Crippen LogP contribution in [-0.2, 0) is 10.0 Å². The second-order valence-electron chi connectivity index (χ2n) is 4.42. The molecule has 1 aromatic rings. The Morgan fingerprint density at radius 3 is 2.72 bits per heavy atom. The zero-order valence-electron chi connectivity index (χ0n) is 9.71. The van der Waals surface area contributed by atoms with Gasteiger partial charge in [-0.3, -0.25) is 4.98 Å². The normalized spacial score (nSPS) is 25.0. The van der Waals surface area contributed by atoms with Crippen LogP contribution in [0.5, 0.6) is 0 Å². The van der Waals surface area contributed by atoms with Gasteiger partial charge in [-0.2, -0.15) is 0 Å². The molecule has 0 aliphatic heterocycles. The van der Waals surface area contributed by atoms with E-state index in [4.69, 9.17) is 0 Å². The van der Waals surface area contributed by atoms with Gasteiger partial charge < -0.3 is 5.11 Å². The molecule has 18 heavy (non-hydrogen) atoms. The van der Waals surface area contributed by atoms with Crippen LogP contribution in [0.4, 0.5) is 4.39 Å². The van der Waals surface area contributed by atoms with E-state index in [1.165, 1.54) is 0 Å². The predicted molar refractivity (Wildman–Crippen MR) is 62.8 cm³/mol. The molecular formula is C11H15FN2O3S. The predicted octanol–water partition coefficient (Wildman–Crippen LogP) is 0.802. The molecule has 0 amide bonds. The fourth-order valence-electron chi connectivity index (χ4n) is 2.06. The Morgan fingerprint density at radius 1 is 1.33 bits per heavy atom. The molecule has 2 rings (SSSR count). The number of aliphatic hydroxyl groups is 1. The van der Waals surface area contributed by atoms with E-state index in [1.807, 2.05) is 0 Å². The van der Waals surface area contributed by atoms with E-state index in [9.17, 15) is 17.9 Å². The first-order valence-electron chi connectivity index (χ1n) is 5.80. The third kappa shape index (κ3) is 3.04. The average molecular weight is 274 g/mol. The number of hydrogen-bond donors (Lipinski definition) is 2. The molecule has 100 valence electrons. The van der Waals surface area contributed by atoms with Gasteiger partial charge in [0.25, 0.3) is 0 Å². The highest BCUT2D eigenvalue weighted by molar-refractivity contribution is 7.89. The van der Waals surface area contributed by atoms with Gasteiger partial charge in [0.15, 0.2) is 0 Å². The first kappa shape index (κ1) is 13.4. The lowest BCUT2D eigenvalue weighted by Gasteiger charge is -2.27. The van der Waals surface area contributed by atoms with Gasteiger partial charge in [-0.1, -0.05) is 12.8 Å². The summed E-state index contributed by atoms with van der Waals surface area (Å²) in [6.45, 7) is 0. The number of aromatic nitrogens is 1. The molecular weight excluding hydrogens is 259 g/mol. The molecule has 1 heterocycles. The Balaban J connectivity index is 2.16. The lowest BCUT2D eigenvalue weighted by atomic mass is 9.93. The summed E-state index contributed by atoms with van der Waals surface area (Å²) in [5, 5.41) is 9.72. The van der Waals surface area contributed by atoms with Crippen molar-refractivity contribution >= 4 is 10.0 Å².